The summed E-state index contributed by atoms with van der Waals surface area (Å²) in [6.45, 7) is 21.3. The number of Topliss-reactive ketones (excluding diaryl/α,β-unsaturated/α-hetero) is 3. The summed E-state index contributed by atoms with van der Waals surface area (Å²) in [5, 5.41) is 13.8. The van der Waals surface area contributed by atoms with Crippen LogP contribution in [0.15, 0.2) is 0 Å². The highest BCUT2D eigenvalue weighted by Crippen LogP contribution is 2.33. The average molecular weight is 1930 g/mol. The van der Waals surface area contributed by atoms with Gasteiger partial charge in [0.15, 0.2) is 55.5 Å². The molecule has 3 aliphatic rings. The van der Waals surface area contributed by atoms with Crippen LogP contribution in [0, 0.1) is 0 Å². The molecule has 772 valence electrons. The first-order valence-corrected chi connectivity index (χ1v) is 45.6. The molecule has 0 aliphatic carbocycles. The van der Waals surface area contributed by atoms with E-state index in [-0.39, 0.29) is 214 Å². The number of hydrogen-bond acceptors (Lipinski definition) is 39. The molecule has 15 atom stereocenters. The Labute approximate surface area is 786 Å². The van der Waals surface area contributed by atoms with Crippen LogP contribution in [-0.4, -0.2) is 337 Å². The fourth-order valence-corrected chi connectivity index (χ4v) is 14.0. The van der Waals surface area contributed by atoms with Crippen molar-refractivity contribution in [1.29, 1.82) is 0 Å². The largest absolute Gasteiger partial charge is 0.463 e. The van der Waals surface area contributed by atoms with Gasteiger partial charge in [-0.25, -0.2) is 0 Å². The smallest absolute Gasteiger partial charge is 0.303 e. The molecule has 134 heavy (non-hydrogen) atoms. The molecule has 15 unspecified atom stereocenters. The zero-order valence-electron chi connectivity index (χ0n) is 80.7. The van der Waals surface area contributed by atoms with E-state index < -0.39 is 201 Å². The third kappa shape index (κ3) is 57.2. The van der Waals surface area contributed by atoms with Gasteiger partial charge >= 0.3 is 53.7 Å². The van der Waals surface area contributed by atoms with Gasteiger partial charge in [0.05, 0.1) is 85.9 Å². The number of carbonyl (C=O) groups excluding carboxylic acids is 17. The first kappa shape index (κ1) is 125. The van der Waals surface area contributed by atoms with Crippen molar-refractivity contribution in [3.05, 3.63) is 0 Å². The molecule has 0 aromatic heterocycles. The number of unbranched alkanes of at least 4 members (excludes halogenated alkanes) is 4. The summed E-state index contributed by atoms with van der Waals surface area (Å²) in [4.78, 5) is 215. The van der Waals surface area contributed by atoms with Crippen molar-refractivity contribution < 1.29 is 186 Å². The van der Waals surface area contributed by atoms with E-state index in [1.54, 1.807) is 7.11 Å². The fraction of sp³-hybridized carbons (Fsp3) is 0.811. The third-order valence-corrected chi connectivity index (χ3v) is 19.6. The molecule has 3 saturated heterocycles. The van der Waals surface area contributed by atoms with Crippen LogP contribution in [-0.2, 0) is 186 Å². The van der Waals surface area contributed by atoms with E-state index in [2.05, 4.69) is 26.6 Å². The van der Waals surface area contributed by atoms with Gasteiger partial charge < -0.3 is 131 Å². The second-order valence-corrected chi connectivity index (χ2v) is 30.8. The Kier molecular flexibility index (Phi) is 69.3. The van der Waals surface area contributed by atoms with E-state index in [1.165, 1.54) is 20.8 Å². The molecule has 0 bridgehead atoms. The van der Waals surface area contributed by atoms with Gasteiger partial charge in [-0.2, -0.15) is 0 Å². The molecular weight excluding hydrogens is 1770 g/mol. The van der Waals surface area contributed by atoms with Gasteiger partial charge in [0.25, 0.3) is 0 Å². The second kappa shape index (κ2) is 74.3. The number of ether oxygens (including phenoxy) is 22. The van der Waals surface area contributed by atoms with E-state index >= 15 is 0 Å². The van der Waals surface area contributed by atoms with Gasteiger partial charge in [0.1, 0.15) is 73.6 Å². The monoisotopic (exact) mass is 1930 g/mol. The zero-order valence-corrected chi connectivity index (χ0v) is 80.7. The lowest BCUT2D eigenvalue weighted by molar-refractivity contribution is -0.279. The summed E-state index contributed by atoms with van der Waals surface area (Å²) >= 11 is 0. The number of nitrogens with one attached hydrogen (secondary N) is 5. The molecule has 0 aromatic carbocycles. The molecule has 5 N–H and O–H groups in total. The summed E-state index contributed by atoms with van der Waals surface area (Å²) < 4.78 is 124. The highest BCUT2D eigenvalue weighted by Gasteiger charge is 2.55. The Morgan fingerprint density at radius 1 is 0.284 bits per heavy atom. The van der Waals surface area contributed by atoms with Gasteiger partial charge in [-0.05, 0) is 51.4 Å². The Balaban J connectivity index is 0.0000349. The van der Waals surface area contributed by atoms with E-state index in [4.69, 9.17) is 104 Å². The van der Waals surface area contributed by atoms with Crippen LogP contribution in [0.1, 0.15) is 240 Å². The van der Waals surface area contributed by atoms with E-state index in [0.717, 1.165) is 88.0 Å². The van der Waals surface area contributed by atoms with Crippen molar-refractivity contribution >= 4 is 101 Å². The van der Waals surface area contributed by atoms with Crippen molar-refractivity contribution in [2.45, 2.75) is 338 Å². The molecule has 0 radical (unpaired) electrons. The van der Waals surface area contributed by atoms with Crippen molar-refractivity contribution in [2.75, 3.05) is 139 Å². The van der Waals surface area contributed by atoms with Crippen molar-refractivity contribution in [3.63, 3.8) is 0 Å². The number of rotatable bonds is 69. The lowest BCUT2D eigenvalue weighted by Crippen LogP contribution is -2.66. The first-order chi connectivity index (χ1) is 63.4. The summed E-state index contributed by atoms with van der Waals surface area (Å²) in [5.41, 5.74) is -1.30. The first-order valence-electron chi connectivity index (χ1n) is 45.6. The van der Waals surface area contributed by atoms with Crippen molar-refractivity contribution in [2.24, 2.45) is 0 Å². The highest BCUT2D eigenvalue weighted by atomic mass is 16.7. The van der Waals surface area contributed by atoms with Crippen LogP contribution in [0.4, 0.5) is 0 Å². The minimum atomic E-state index is -1.33. The predicted octanol–water partition coefficient (Wildman–Crippen LogP) is 4.53. The second-order valence-electron chi connectivity index (χ2n) is 30.8. The number of esters is 9. The molecule has 0 aromatic rings. The standard InChI is InChI=1S/C85H137N5O39.2C2H6.CH4/c1-53(91)87-73-79(124-62(10)100)76(121-59(7)97)68(50-118-56(4)94)127-82(73)115-47-44-112-41-38-109-35-20-24-66(104)27-30-85(90-72(107)26-19-23-65(103)22-17-15-14-16-18-34-108-13,31-28-67(105)25-21-36-110-39-42-113-45-48-116-83-74(88-54(2)92)80(125-63(11)101)77(122-60(8)98)69(128-83)51-119-57(5)95)32-29-71(106)86-33-37-111-40-43-114-46-49-117-84-75(89-55(3)93)81(126-64(12)102)78(123-61(9)99)70(129-84)52-120-58(6)96;2*1-2;/h68-70,73-84H,14-52H2,1-13H3,(H,86,106)(H,87,91)(H,88,92)(H,89,93)(H,90,107);2*1-2H3;1H4. The molecule has 3 aliphatic heterocycles. The number of amides is 5. The van der Waals surface area contributed by atoms with Crippen LogP contribution in [0.5, 0.6) is 0 Å². The summed E-state index contributed by atoms with van der Waals surface area (Å²) in [6, 6.07) is -3.57. The minimum Gasteiger partial charge on any atom is -0.463 e. The number of carbonyl (C=O) groups is 17. The van der Waals surface area contributed by atoms with Crippen LogP contribution in [0.2, 0.25) is 0 Å². The van der Waals surface area contributed by atoms with Crippen LogP contribution >= 0.6 is 0 Å². The molecule has 5 amide bonds. The summed E-state index contributed by atoms with van der Waals surface area (Å²) in [7, 11) is 1.64. The lowest BCUT2D eigenvalue weighted by atomic mass is 9.81. The van der Waals surface area contributed by atoms with Crippen molar-refractivity contribution in [3.8, 4) is 0 Å². The molecule has 44 heteroatoms. The fourth-order valence-electron chi connectivity index (χ4n) is 14.0. The molecule has 3 fully saturated rings. The minimum absolute atomic E-state index is 0. The summed E-state index contributed by atoms with van der Waals surface area (Å²) in [5.74, 6) is -9.69. The highest BCUT2D eigenvalue weighted by molar-refractivity contribution is 5.83. The molecule has 0 spiro atoms. The zero-order chi connectivity index (χ0) is 99.6. The predicted molar refractivity (Wildman–Crippen MR) is 473 cm³/mol. The van der Waals surface area contributed by atoms with Gasteiger partial charge in [0.2, 0.25) is 29.5 Å². The van der Waals surface area contributed by atoms with E-state index in [0.29, 0.717) is 19.4 Å². The summed E-state index contributed by atoms with van der Waals surface area (Å²) in [6.07, 6.45) is -10.1. The average Bonchev–Trinajstić information content (AvgIpc) is 0.795. The van der Waals surface area contributed by atoms with Crippen LogP contribution in [0.25, 0.3) is 0 Å². The lowest BCUT2D eigenvalue weighted by Gasteiger charge is -2.44. The maximum atomic E-state index is 14.2. The van der Waals surface area contributed by atoms with E-state index in [1.807, 2.05) is 27.7 Å². The Morgan fingerprint density at radius 3 is 0.896 bits per heavy atom. The van der Waals surface area contributed by atoms with Gasteiger partial charge in [-0.15, -0.1) is 0 Å². The Morgan fingerprint density at radius 2 is 0.567 bits per heavy atom. The number of hydrogen-bond donors (Lipinski definition) is 5. The van der Waals surface area contributed by atoms with Gasteiger partial charge in [0, 0.05) is 173 Å². The quantitative estimate of drug-likeness (QED) is 0.0317. The number of methoxy groups -OCH3 is 1. The maximum absolute atomic E-state index is 14.2. The molecule has 0 saturated carbocycles. The third-order valence-electron chi connectivity index (χ3n) is 19.6. The van der Waals surface area contributed by atoms with E-state index in [9.17, 15) is 81.5 Å². The van der Waals surface area contributed by atoms with Gasteiger partial charge in [-0.1, -0.05) is 54.4 Å². The van der Waals surface area contributed by atoms with Gasteiger partial charge in [-0.3, -0.25) is 81.5 Å². The Bertz CT molecular complexity index is 3170. The normalized spacial score (nSPS) is 21.5. The SMILES string of the molecule is C.CC.CC.COCCCCCCCC(=O)CCCC(=O)NC(CCC(=O)CCCOCCOCCOC1OC(COC(C)=O)C(OC(C)=O)C(OC(C)=O)C1NC(C)=O)(CCC(=O)CCCOCCOCCOC1OC(COC(C)=O)C(OC(C)=O)C(OC(C)=O)C1NC(C)=O)CCC(=O)NCCOCCOCCOC1OC(COC(C)=O)C(OC(C)=O)C(OC(C)=O)C1NC(C)=O. The van der Waals surface area contributed by atoms with Crippen molar-refractivity contribution in [1.82, 2.24) is 26.6 Å². The van der Waals surface area contributed by atoms with Crippen LogP contribution < -0.4 is 26.6 Å². The van der Waals surface area contributed by atoms with Crippen LogP contribution in [0.3, 0.4) is 0 Å². The molecule has 3 rings (SSSR count). The number of ketones is 3. The topological polar surface area (TPSA) is 553 Å². The molecule has 44 nitrogen and oxygen atoms in total. The molecule has 3 heterocycles. The Hall–Kier alpha value is -8.93. The maximum Gasteiger partial charge on any atom is 0.303 e. The molecular formula is C90H153N5O39.